The number of nitro groups is 1. The topological polar surface area (TPSA) is 119 Å². The van der Waals surface area contributed by atoms with Crippen LogP contribution in [0.4, 0.5) is 5.69 Å². The van der Waals surface area contributed by atoms with Gasteiger partial charge in [-0.2, -0.15) is 0 Å². The van der Waals surface area contributed by atoms with E-state index in [0.717, 1.165) is 0 Å². The molecule has 21 heavy (non-hydrogen) atoms. The number of nitrogens with zero attached hydrogens (tertiary/aromatic N) is 1. The molecule has 0 atom stereocenters. The van der Waals surface area contributed by atoms with Gasteiger partial charge in [0.15, 0.2) is 0 Å². The predicted molar refractivity (Wildman–Crippen MR) is 71.3 cm³/mol. The van der Waals surface area contributed by atoms with Crippen molar-refractivity contribution in [2.75, 3.05) is 7.11 Å². The smallest absolute Gasteiger partial charge is 0.306 e. The Morgan fingerprint density at radius 1 is 1.43 bits per heavy atom. The zero-order valence-electron chi connectivity index (χ0n) is 11.2. The number of nitro benzene ring substituents is 1. The van der Waals surface area contributed by atoms with E-state index in [4.69, 9.17) is 9.84 Å². The second kappa shape index (κ2) is 5.78. The number of carboxylic acids is 1. The van der Waals surface area contributed by atoms with Gasteiger partial charge in [-0.3, -0.25) is 19.7 Å². The van der Waals surface area contributed by atoms with Crippen molar-refractivity contribution in [3.8, 4) is 5.75 Å². The molecular weight excluding hydrogens is 280 g/mol. The average molecular weight is 294 g/mol. The van der Waals surface area contributed by atoms with Crippen molar-refractivity contribution in [1.82, 2.24) is 5.32 Å². The molecule has 0 bridgehead atoms. The van der Waals surface area contributed by atoms with E-state index in [1.54, 1.807) is 0 Å². The van der Waals surface area contributed by atoms with Crippen LogP contribution in [-0.4, -0.2) is 35.1 Å². The minimum atomic E-state index is -0.896. The van der Waals surface area contributed by atoms with Gasteiger partial charge in [0.25, 0.3) is 11.6 Å². The molecule has 0 saturated heterocycles. The SMILES string of the molecule is COc1ccc([N+](=O)[O-])c(C(=O)NC2CC(C(=O)O)C2)c1. The Hall–Kier alpha value is -2.64. The molecule has 1 aromatic rings. The molecule has 8 heteroatoms. The standard InChI is InChI=1S/C13H14N2O6/c1-21-9-2-3-11(15(19)20)10(6-9)12(16)14-8-4-7(5-8)13(17)18/h2-3,6-8H,4-5H2,1H3,(H,14,16)(H,17,18). The Bertz CT molecular complexity index is 594. The van der Waals surface area contributed by atoms with Crippen LogP contribution in [0, 0.1) is 16.0 Å². The lowest BCUT2D eigenvalue weighted by Gasteiger charge is -2.32. The molecule has 0 radical (unpaired) electrons. The second-order valence-corrected chi connectivity index (χ2v) is 4.82. The van der Waals surface area contributed by atoms with Crippen LogP contribution in [-0.2, 0) is 4.79 Å². The summed E-state index contributed by atoms with van der Waals surface area (Å²) in [6.45, 7) is 0. The fourth-order valence-electron chi connectivity index (χ4n) is 2.18. The fraction of sp³-hybridized carbons (Fsp3) is 0.385. The molecule has 0 spiro atoms. The van der Waals surface area contributed by atoms with Crippen LogP contribution >= 0.6 is 0 Å². The lowest BCUT2D eigenvalue weighted by molar-refractivity contribution is -0.385. The van der Waals surface area contributed by atoms with Gasteiger partial charge in [-0.1, -0.05) is 0 Å². The van der Waals surface area contributed by atoms with E-state index in [9.17, 15) is 19.7 Å². The van der Waals surface area contributed by atoms with Crippen LogP contribution in [0.3, 0.4) is 0 Å². The lowest BCUT2D eigenvalue weighted by Crippen LogP contribution is -2.46. The Labute approximate surface area is 119 Å². The van der Waals surface area contributed by atoms with E-state index in [2.05, 4.69) is 5.32 Å². The number of ether oxygens (including phenoxy) is 1. The molecule has 0 aromatic heterocycles. The van der Waals surface area contributed by atoms with Crippen LogP contribution in [0.2, 0.25) is 0 Å². The molecule has 1 amide bonds. The highest BCUT2D eigenvalue weighted by atomic mass is 16.6. The first-order valence-electron chi connectivity index (χ1n) is 6.28. The zero-order chi connectivity index (χ0) is 15.6. The van der Waals surface area contributed by atoms with Crippen molar-refractivity contribution in [2.45, 2.75) is 18.9 Å². The minimum Gasteiger partial charge on any atom is -0.497 e. The molecule has 1 aliphatic rings. The highest BCUT2D eigenvalue weighted by Crippen LogP contribution is 2.29. The van der Waals surface area contributed by atoms with Crippen LogP contribution in [0.1, 0.15) is 23.2 Å². The largest absolute Gasteiger partial charge is 0.497 e. The van der Waals surface area contributed by atoms with E-state index in [1.807, 2.05) is 0 Å². The van der Waals surface area contributed by atoms with Crippen LogP contribution in [0.5, 0.6) is 5.75 Å². The minimum absolute atomic E-state index is 0.0990. The number of benzene rings is 1. The number of carboxylic acid groups (broad SMARTS) is 1. The summed E-state index contributed by atoms with van der Waals surface area (Å²) in [5.41, 5.74) is -0.416. The number of carbonyl (C=O) groups is 2. The third-order valence-corrected chi connectivity index (χ3v) is 3.47. The highest BCUT2D eigenvalue weighted by Gasteiger charge is 2.36. The number of hydrogen-bond donors (Lipinski definition) is 2. The number of amides is 1. The molecule has 8 nitrogen and oxygen atoms in total. The number of rotatable bonds is 5. The molecule has 0 unspecified atom stereocenters. The molecular formula is C13H14N2O6. The van der Waals surface area contributed by atoms with Gasteiger partial charge in [0.05, 0.1) is 18.0 Å². The molecule has 1 fully saturated rings. The number of hydrogen-bond acceptors (Lipinski definition) is 5. The summed E-state index contributed by atoms with van der Waals surface area (Å²) in [7, 11) is 1.40. The first kappa shape index (κ1) is 14.8. The summed E-state index contributed by atoms with van der Waals surface area (Å²) in [6.07, 6.45) is 0.664. The zero-order valence-corrected chi connectivity index (χ0v) is 11.2. The summed E-state index contributed by atoms with van der Waals surface area (Å²) in [6, 6.07) is 3.62. The van der Waals surface area contributed by atoms with Crippen molar-refractivity contribution in [3.63, 3.8) is 0 Å². The van der Waals surface area contributed by atoms with Gasteiger partial charge in [0.2, 0.25) is 0 Å². The summed E-state index contributed by atoms with van der Waals surface area (Å²) >= 11 is 0. The Morgan fingerprint density at radius 2 is 2.10 bits per heavy atom. The number of methoxy groups -OCH3 is 1. The van der Waals surface area contributed by atoms with E-state index >= 15 is 0 Å². The van der Waals surface area contributed by atoms with Crippen molar-refractivity contribution < 1.29 is 24.4 Å². The van der Waals surface area contributed by atoms with Crippen molar-refractivity contribution >= 4 is 17.6 Å². The van der Waals surface area contributed by atoms with Crippen LogP contribution in [0.15, 0.2) is 18.2 Å². The van der Waals surface area contributed by atoms with Gasteiger partial charge in [-0.15, -0.1) is 0 Å². The molecule has 2 N–H and O–H groups in total. The third-order valence-electron chi connectivity index (χ3n) is 3.47. The van der Waals surface area contributed by atoms with Crippen molar-refractivity contribution in [2.24, 2.45) is 5.92 Å². The van der Waals surface area contributed by atoms with E-state index in [0.29, 0.717) is 18.6 Å². The monoisotopic (exact) mass is 294 g/mol. The first-order chi connectivity index (χ1) is 9.92. The predicted octanol–water partition coefficient (Wildman–Crippen LogP) is 1.20. The normalized spacial score (nSPS) is 20.2. The van der Waals surface area contributed by atoms with E-state index < -0.39 is 22.7 Å². The lowest BCUT2D eigenvalue weighted by atomic mass is 9.80. The van der Waals surface area contributed by atoms with Crippen molar-refractivity contribution in [1.29, 1.82) is 0 Å². The molecule has 1 aromatic carbocycles. The Kier molecular flexibility index (Phi) is 4.06. The number of carbonyl (C=O) groups excluding carboxylic acids is 1. The first-order valence-corrected chi connectivity index (χ1v) is 6.28. The maximum absolute atomic E-state index is 12.1. The maximum Gasteiger partial charge on any atom is 0.306 e. The maximum atomic E-state index is 12.1. The Morgan fingerprint density at radius 3 is 2.62 bits per heavy atom. The summed E-state index contributed by atoms with van der Waals surface area (Å²) in [5.74, 6) is -1.62. The van der Waals surface area contributed by atoms with Crippen LogP contribution in [0.25, 0.3) is 0 Å². The van der Waals surface area contributed by atoms with E-state index in [1.165, 1.54) is 25.3 Å². The number of nitrogens with one attached hydrogen (secondary N) is 1. The number of aliphatic carboxylic acids is 1. The Balaban J connectivity index is 2.11. The van der Waals surface area contributed by atoms with Gasteiger partial charge in [-0.25, -0.2) is 0 Å². The van der Waals surface area contributed by atoms with Crippen LogP contribution < -0.4 is 10.1 Å². The summed E-state index contributed by atoms with van der Waals surface area (Å²) in [5, 5.41) is 22.3. The molecule has 0 aliphatic heterocycles. The quantitative estimate of drug-likeness (QED) is 0.622. The van der Waals surface area contributed by atoms with E-state index in [-0.39, 0.29) is 17.3 Å². The molecule has 1 aliphatic carbocycles. The van der Waals surface area contributed by atoms with Gasteiger partial charge < -0.3 is 15.2 Å². The third kappa shape index (κ3) is 3.10. The van der Waals surface area contributed by atoms with Gasteiger partial charge in [0, 0.05) is 12.1 Å². The van der Waals surface area contributed by atoms with Gasteiger partial charge in [-0.05, 0) is 25.0 Å². The molecule has 1 saturated carbocycles. The van der Waals surface area contributed by atoms with Crippen molar-refractivity contribution in [3.05, 3.63) is 33.9 Å². The second-order valence-electron chi connectivity index (χ2n) is 4.82. The highest BCUT2D eigenvalue weighted by molar-refractivity contribution is 5.98. The molecule has 2 rings (SSSR count). The molecule has 112 valence electrons. The molecule has 0 heterocycles. The summed E-state index contributed by atoms with van der Waals surface area (Å²) in [4.78, 5) is 33.1. The van der Waals surface area contributed by atoms with Gasteiger partial charge >= 0.3 is 5.97 Å². The summed E-state index contributed by atoms with van der Waals surface area (Å²) < 4.78 is 4.95. The van der Waals surface area contributed by atoms with Gasteiger partial charge in [0.1, 0.15) is 11.3 Å². The fourth-order valence-corrected chi connectivity index (χ4v) is 2.18. The average Bonchev–Trinajstić information content (AvgIpc) is 2.40.